The highest BCUT2D eigenvalue weighted by Crippen LogP contribution is 2.52. The summed E-state index contributed by atoms with van der Waals surface area (Å²) in [7, 11) is 1.08. The number of rotatable bonds is 1. The van der Waals surface area contributed by atoms with Gasteiger partial charge >= 0.3 is 0 Å². The van der Waals surface area contributed by atoms with Crippen LogP contribution in [0.4, 0.5) is 35.1 Å². The van der Waals surface area contributed by atoms with Crippen molar-refractivity contribution in [1.82, 2.24) is 0 Å². The predicted octanol–water partition coefficient (Wildman–Crippen LogP) is 3.93. The Morgan fingerprint density at radius 2 is 1.45 bits per heavy atom. The van der Waals surface area contributed by atoms with Crippen LogP contribution in [0.15, 0.2) is 39.2 Å². The van der Waals surface area contributed by atoms with E-state index in [2.05, 4.69) is 4.99 Å². The van der Waals surface area contributed by atoms with Gasteiger partial charge in [-0.2, -0.15) is 15.8 Å². The lowest BCUT2D eigenvalue weighted by Gasteiger charge is -2.31. The van der Waals surface area contributed by atoms with Gasteiger partial charge in [-0.25, -0.2) is 35.1 Å². The smallest absolute Gasteiger partial charge is 0.171 e. The normalized spacial score (nSPS) is 20.8. The Kier molecular flexibility index (Phi) is 5.93. The summed E-state index contributed by atoms with van der Waals surface area (Å²) in [5.41, 5.74) is -7.21. The largest absolute Gasteiger partial charge is 0.295 e. The number of alkyl halides is 1. The molecule has 166 valence electrons. The number of nitrogens with zero attached hydrogens (tertiary/aromatic N) is 4. The molecule has 0 radical (unpaired) electrons. The third-order valence-electron chi connectivity index (χ3n) is 4.97. The Bertz CT molecular complexity index is 1480. The first kappa shape index (κ1) is 23.4. The molecule has 0 saturated carbocycles. The quantitative estimate of drug-likeness (QED) is 0.272. The number of nitriles is 3. The second-order valence-electron chi connectivity index (χ2n) is 6.57. The van der Waals surface area contributed by atoms with E-state index in [1.807, 2.05) is 0 Å². The van der Waals surface area contributed by atoms with Crippen molar-refractivity contribution in [2.45, 2.75) is 6.17 Å². The van der Waals surface area contributed by atoms with Gasteiger partial charge in [0.05, 0.1) is 27.5 Å². The minimum Gasteiger partial charge on any atom is -0.295 e. The van der Waals surface area contributed by atoms with Crippen molar-refractivity contribution in [1.29, 1.82) is 15.8 Å². The molecule has 0 aromatic heterocycles. The van der Waals surface area contributed by atoms with Crippen LogP contribution in [0, 0.1) is 57.4 Å². The van der Waals surface area contributed by atoms with Crippen LogP contribution in [0.25, 0.3) is 11.4 Å². The molecule has 2 aliphatic rings. The molecule has 2 unspecified atom stereocenters. The highest BCUT2D eigenvalue weighted by Gasteiger charge is 2.48. The van der Waals surface area contributed by atoms with Crippen molar-refractivity contribution >= 4 is 17.6 Å². The minimum atomic E-state index is -3.19. The van der Waals surface area contributed by atoms with Crippen LogP contribution in [0.5, 0.6) is 0 Å². The Morgan fingerprint density at radius 1 is 0.848 bits per heavy atom. The van der Waals surface area contributed by atoms with Crippen LogP contribution < -0.4 is 10.4 Å². The van der Waals surface area contributed by atoms with Crippen LogP contribution in [-0.4, -0.2) is 13.3 Å². The van der Waals surface area contributed by atoms with Crippen LogP contribution in [0.3, 0.4) is 0 Å². The minimum absolute atomic E-state index is 0.595. The maximum atomic E-state index is 15.3. The van der Waals surface area contributed by atoms with Gasteiger partial charge in [0.25, 0.3) is 0 Å². The van der Waals surface area contributed by atoms with Gasteiger partial charge in [0.2, 0.25) is 0 Å². The summed E-state index contributed by atoms with van der Waals surface area (Å²) in [6.45, 7) is 0. The third kappa shape index (κ3) is 3.13. The molecular weight excluding hydrogens is 460 g/mol. The molecule has 0 fully saturated rings. The fraction of sp³-hybridized carbons (Fsp3) is 0.143. The summed E-state index contributed by atoms with van der Waals surface area (Å²) in [6, 6.07) is 3.39. The molecule has 2 atom stereocenters. The van der Waals surface area contributed by atoms with Crippen molar-refractivity contribution in [3.8, 4) is 18.2 Å². The molecular formula is C21H6F8N4. The lowest BCUT2D eigenvalue weighted by Crippen LogP contribution is -2.39. The summed E-state index contributed by atoms with van der Waals surface area (Å²) >= 11 is 0. The standard InChI is InChI=1S/C21H6F8N4/c1-33-5-7(4-32)9-15(23)11-13(21(29)19(9)27)16(24)10-12(17(11)25)20(28)18(26)8(14(10)22)6(2-30)3-31/h5,12,17H,1H3/b9-7-,33-5-. The van der Waals surface area contributed by atoms with Crippen molar-refractivity contribution in [2.75, 3.05) is 7.05 Å². The second-order valence-corrected chi connectivity index (χ2v) is 6.57. The van der Waals surface area contributed by atoms with Crippen molar-refractivity contribution in [3.63, 3.8) is 0 Å². The molecule has 0 aliphatic heterocycles. The summed E-state index contributed by atoms with van der Waals surface area (Å²) < 4.78 is 119. The molecule has 0 heterocycles. The molecule has 2 aliphatic carbocycles. The van der Waals surface area contributed by atoms with Crippen LogP contribution >= 0.6 is 0 Å². The third-order valence-corrected chi connectivity index (χ3v) is 4.97. The van der Waals surface area contributed by atoms with E-state index in [1.165, 1.54) is 6.07 Å². The van der Waals surface area contributed by atoms with E-state index in [9.17, 15) is 22.0 Å². The fourth-order valence-electron chi connectivity index (χ4n) is 3.58. The first-order chi connectivity index (χ1) is 15.6. The number of fused-ring (bicyclic) bond motifs is 2. The number of aliphatic imine (C=N–C) groups is 1. The van der Waals surface area contributed by atoms with E-state index in [0.29, 0.717) is 6.21 Å². The van der Waals surface area contributed by atoms with Crippen LogP contribution in [0.2, 0.25) is 0 Å². The maximum Gasteiger partial charge on any atom is 0.171 e. The van der Waals surface area contributed by atoms with E-state index in [0.717, 1.165) is 19.2 Å². The Morgan fingerprint density at radius 3 is 1.97 bits per heavy atom. The van der Waals surface area contributed by atoms with Crippen molar-refractivity contribution < 1.29 is 35.1 Å². The zero-order valence-electron chi connectivity index (χ0n) is 16.0. The van der Waals surface area contributed by atoms with E-state index in [4.69, 9.17) is 15.8 Å². The Hall–Kier alpha value is -4.24. The monoisotopic (exact) mass is 466 g/mol. The number of benzene rings is 1. The number of hydrogen-bond donors (Lipinski definition) is 0. The van der Waals surface area contributed by atoms with Crippen LogP contribution in [-0.2, 0) is 0 Å². The molecule has 0 saturated heterocycles. The van der Waals surface area contributed by atoms with Gasteiger partial charge in [0, 0.05) is 24.4 Å². The first-order valence-corrected chi connectivity index (χ1v) is 8.66. The molecule has 0 amide bonds. The molecule has 0 N–H and O–H groups in total. The molecule has 12 heteroatoms. The number of allylic oxidation sites excluding steroid dienone is 6. The topological polar surface area (TPSA) is 83.7 Å². The Labute approximate surface area is 179 Å². The van der Waals surface area contributed by atoms with E-state index in [-0.39, 0.29) is 0 Å². The first-order valence-electron chi connectivity index (χ1n) is 8.66. The lowest BCUT2D eigenvalue weighted by atomic mass is 9.76. The molecule has 1 aromatic carbocycles. The van der Waals surface area contributed by atoms with Crippen molar-refractivity contribution in [3.05, 3.63) is 67.7 Å². The molecule has 4 nitrogen and oxygen atoms in total. The van der Waals surface area contributed by atoms with Gasteiger partial charge in [0.15, 0.2) is 17.5 Å². The van der Waals surface area contributed by atoms with E-state index >= 15 is 13.2 Å². The van der Waals surface area contributed by atoms with Gasteiger partial charge in [-0.3, -0.25) is 4.99 Å². The highest BCUT2D eigenvalue weighted by molar-refractivity contribution is 6.08. The van der Waals surface area contributed by atoms with E-state index < -0.39 is 91.1 Å². The lowest BCUT2D eigenvalue weighted by molar-refractivity contribution is 0.233. The molecule has 3 rings (SSSR count). The average Bonchev–Trinajstić information content (AvgIpc) is 2.79. The van der Waals surface area contributed by atoms with E-state index in [1.54, 1.807) is 0 Å². The molecule has 1 aromatic rings. The number of hydrogen-bond acceptors (Lipinski definition) is 4. The zero-order valence-corrected chi connectivity index (χ0v) is 16.0. The van der Waals surface area contributed by atoms with Gasteiger partial charge in [-0.05, 0) is 0 Å². The highest BCUT2D eigenvalue weighted by atomic mass is 19.2. The molecule has 0 bridgehead atoms. The predicted molar refractivity (Wildman–Crippen MR) is 96.5 cm³/mol. The van der Waals surface area contributed by atoms with Gasteiger partial charge in [-0.15, -0.1) is 0 Å². The van der Waals surface area contributed by atoms with Gasteiger partial charge in [-0.1, -0.05) is 0 Å². The Balaban J connectivity index is 2.65. The molecule has 0 spiro atoms. The summed E-state index contributed by atoms with van der Waals surface area (Å²) in [5, 5.41) is 23.5. The second kappa shape index (κ2) is 8.36. The summed E-state index contributed by atoms with van der Waals surface area (Å²) in [5.74, 6) is -17.9. The fourth-order valence-corrected chi connectivity index (χ4v) is 3.58. The maximum absolute atomic E-state index is 15.3. The molecule has 33 heavy (non-hydrogen) atoms. The zero-order chi connectivity index (χ0) is 24.8. The SMILES string of the molecule is C/N=C\C(C#N)=c1/c(F)c(F)c2c(c1F)C(F)C1C(F)=C(F)C(=C(C#N)C#N)C(F)=C1C=2F. The summed E-state index contributed by atoms with van der Waals surface area (Å²) in [4.78, 5) is 3.33. The summed E-state index contributed by atoms with van der Waals surface area (Å²) in [6.07, 6.45) is -2.59. The van der Waals surface area contributed by atoms with Gasteiger partial charge < -0.3 is 0 Å². The average molecular weight is 466 g/mol. The van der Waals surface area contributed by atoms with Crippen molar-refractivity contribution in [2.24, 2.45) is 10.9 Å². The van der Waals surface area contributed by atoms with Gasteiger partial charge in [0.1, 0.15) is 53.3 Å². The number of halogens is 8. The van der Waals surface area contributed by atoms with Crippen LogP contribution in [0.1, 0.15) is 11.7 Å².